The lowest BCUT2D eigenvalue weighted by atomic mass is 10.1. The predicted molar refractivity (Wildman–Crippen MR) is 126 cm³/mol. The molecule has 0 N–H and O–H groups in total. The van der Waals surface area contributed by atoms with Crippen molar-refractivity contribution < 1.29 is 13.9 Å². The lowest BCUT2D eigenvalue weighted by molar-refractivity contribution is 0.0593. The highest BCUT2D eigenvalue weighted by molar-refractivity contribution is 5.97. The molecule has 0 bridgehead atoms. The average Bonchev–Trinajstić information content (AvgIpc) is 3.42. The van der Waals surface area contributed by atoms with E-state index in [1.54, 1.807) is 22.9 Å². The van der Waals surface area contributed by atoms with E-state index < -0.39 is 5.97 Å². The molecule has 0 saturated carbocycles. The summed E-state index contributed by atoms with van der Waals surface area (Å²) in [5.74, 6) is -0.791. The number of ether oxygens (including phenoxy) is 1. The van der Waals surface area contributed by atoms with Crippen LogP contribution in [0.5, 0.6) is 0 Å². The number of rotatable bonds is 6. The first-order valence-corrected chi connectivity index (χ1v) is 10.6. The van der Waals surface area contributed by atoms with Crippen molar-refractivity contribution in [2.45, 2.75) is 13.1 Å². The molecule has 0 aliphatic carbocycles. The van der Waals surface area contributed by atoms with Crippen molar-refractivity contribution in [2.24, 2.45) is 0 Å². The molecule has 6 heteroatoms. The van der Waals surface area contributed by atoms with Gasteiger partial charge in [0, 0.05) is 29.2 Å². The second kappa shape index (κ2) is 8.74. The smallest absolute Gasteiger partial charge is 0.358 e. The molecular weight excluding hydrogens is 417 g/mol. The van der Waals surface area contributed by atoms with Crippen molar-refractivity contribution in [1.82, 2.24) is 14.3 Å². The second-order valence-electron chi connectivity index (χ2n) is 7.86. The molecule has 33 heavy (non-hydrogen) atoms. The van der Waals surface area contributed by atoms with Gasteiger partial charge in [0.1, 0.15) is 5.82 Å². The van der Waals surface area contributed by atoms with Crippen LogP contribution in [0.1, 0.15) is 21.6 Å². The zero-order valence-electron chi connectivity index (χ0n) is 18.1. The Hall–Kier alpha value is -4.19. The second-order valence-corrected chi connectivity index (χ2v) is 7.86. The number of benzene rings is 3. The van der Waals surface area contributed by atoms with Crippen molar-refractivity contribution in [1.29, 1.82) is 0 Å². The molecule has 164 valence electrons. The van der Waals surface area contributed by atoms with E-state index >= 15 is 0 Å². The molecule has 0 aliphatic heterocycles. The number of carbonyl (C=O) groups excluding carboxylic acids is 1. The maximum absolute atomic E-state index is 13.4. The molecule has 0 amide bonds. The molecule has 5 nitrogen and oxygen atoms in total. The summed E-state index contributed by atoms with van der Waals surface area (Å²) in [7, 11) is 1.34. The van der Waals surface area contributed by atoms with Crippen LogP contribution in [0.4, 0.5) is 4.39 Å². The zero-order valence-corrected chi connectivity index (χ0v) is 18.1. The van der Waals surface area contributed by atoms with Gasteiger partial charge in [-0.3, -0.25) is 4.68 Å². The van der Waals surface area contributed by atoms with Crippen molar-refractivity contribution in [3.8, 4) is 11.3 Å². The molecule has 3 aromatic carbocycles. The Morgan fingerprint density at radius 1 is 0.909 bits per heavy atom. The third kappa shape index (κ3) is 4.15. The Morgan fingerprint density at radius 2 is 1.61 bits per heavy atom. The number of aromatic nitrogens is 3. The molecule has 0 saturated heterocycles. The van der Waals surface area contributed by atoms with Crippen molar-refractivity contribution in [2.75, 3.05) is 7.11 Å². The van der Waals surface area contributed by atoms with Gasteiger partial charge < -0.3 is 9.30 Å². The van der Waals surface area contributed by atoms with Crippen molar-refractivity contribution in [3.05, 3.63) is 114 Å². The van der Waals surface area contributed by atoms with Crippen LogP contribution in [0.3, 0.4) is 0 Å². The maximum atomic E-state index is 13.4. The standard InChI is InChI=1S/C27H22FN3O2/c1-33-27(32)24-15-26(31(29-24)17-20-11-13-21(28)14-12-20)23-18-30(16-19-7-3-2-4-8-19)25-10-6-5-9-22(23)25/h2-15,18H,16-17H2,1H3. The van der Waals surface area contributed by atoms with Crippen LogP contribution in [0.25, 0.3) is 22.2 Å². The van der Waals surface area contributed by atoms with Crippen LogP contribution >= 0.6 is 0 Å². The molecule has 0 atom stereocenters. The van der Waals surface area contributed by atoms with Crippen LogP contribution in [-0.4, -0.2) is 27.4 Å². The topological polar surface area (TPSA) is 49.0 Å². The summed E-state index contributed by atoms with van der Waals surface area (Å²) in [6.45, 7) is 1.11. The summed E-state index contributed by atoms with van der Waals surface area (Å²) in [4.78, 5) is 12.3. The first kappa shape index (κ1) is 20.7. The van der Waals surface area contributed by atoms with Gasteiger partial charge in [0.25, 0.3) is 0 Å². The van der Waals surface area contributed by atoms with Crippen LogP contribution in [-0.2, 0) is 17.8 Å². The fourth-order valence-corrected chi connectivity index (χ4v) is 4.08. The quantitative estimate of drug-likeness (QED) is 0.327. The van der Waals surface area contributed by atoms with E-state index in [9.17, 15) is 9.18 Å². The highest BCUT2D eigenvalue weighted by atomic mass is 19.1. The Labute approximate surface area is 190 Å². The molecule has 0 spiro atoms. The molecule has 0 fully saturated rings. The fourth-order valence-electron chi connectivity index (χ4n) is 4.08. The normalized spacial score (nSPS) is 11.1. The van der Waals surface area contributed by atoms with Crippen LogP contribution in [0.15, 0.2) is 91.1 Å². The lowest BCUT2D eigenvalue weighted by Crippen LogP contribution is -2.07. The van der Waals surface area contributed by atoms with Crippen LogP contribution in [0, 0.1) is 5.82 Å². The first-order chi connectivity index (χ1) is 16.1. The van der Waals surface area contributed by atoms with Crippen molar-refractivity contribution in [3.63, 3.8) is 0 Å². The number of hydrogen-bond donors (Lipinski definition) is 0. The number of esters is 1. The van der Waals surface area contributed by atoms with E-state index in [0.29, 0.717) is 6.54 Å². The lowest BCUT2D eigenvalue weighted by Gasteiger charge is -2.07. The number of carbonyl (C=O) groups is 1. The Balaban J connectivity index is 1.63. The van der Waals surface area contributed by atoms with E-state index in [1.165, 1.54) is 24.8 Å². The number of para-hydroxylation sites is 1. The highest BCUT2D eigenvalue weighted by Gasteiger charge is 2.20. The minimum absolute atomic E-state index is 0.231. The van der Waals surface area contributed by atoms with Crippen molar-refractivity contribution >= 4 is 16.9 Å². The van der Waals surface area contributed by atoms with E-state index in [4.69, 9.17) is 4.74 Å². The van der Waals surface area contributed by atoms with E-state index in [2.05, 4.69) is 40.1 Å². The number of hydrogen-bond acceptors (Lipinski definition) is 3. The van der Waals surface area contributed by atoms with Gasteiger partial charge in [-0.1, -0.05) is 60.7 Å². The highest BCUT2D eigenvalue weighted by Crippen LogP contribution is 2.32. The maximum Gasteiger partial charge on any atom is 0.358 e. The fraction of sp³-hybridized carbons (Fsp3) is 0.111. The third-order valence-corrected chi connectivity index (χ3v) is 5.68. The molecule has 5 aromatic rings. The summed E-state index contributed by atoms with van der Waals surface area (Å²) >= 11 is 0. The molecular formula is C27H22FN3O2. The Morgan fingerprint density at radius 3 is 2.36 bits per heavy atom. The first-order valence-electron chi connectivity index (χ1n) is 10.6. The van der Waals surface area contributed by atoms with E-state index in [-0.39, 0.29) is 11.5 Å². The number of halogens is 1. The minimum atomic E-state index is -0.498. The van der Waals surface area contributed by atoms with Gasteiger partial charge in [0.05, 0.1) is 19.3 Å². The molecule has 5 rings (SSSR count). The van der Waals surface area contributed by atoms with Gasteiger partial charge in [-0.15, -0.1) is 0 Å². The average molecular weight is 439 g/mol. The summed E-state index contributed by atoms with van der Waals surface area (Å²) in [5.41, 5.74) is 5.15. The summed E-state index contributed by atoms with van der Waals surface area (Å²) < 4.78 is 22.3. The van der Waals surface area contributed by atoms with Gasteiger partial charge >= 0.3 is 5.97 Å². The van der Waals surface area contributed by atoms with Crippen LogP contribution < -0.4 is 0 Å². The van der Waals surface area contributed by atoms with E-state index in [1.807, 2.05) is 30.3 Å². The number of methoxy groups -OCH3 is 1. The molecule has 2 aromatic heterocycles. The SMILES string of the molecule is COC(=O)c1cc(-c2cn(Cc3ccccc3)c3ccccc23)n(Cc2ccc(F)cc2)n1. The minimum Gasteiger partial charge on any atom is -0.464 e. The van der Waals surface area contributed by atoms with Gasteiger partial charge in [0.15, 0.2) is 5.69 Å². The van der Waals surface area contributed by atoms with Gasteiger partial charge in [-0.2, -0.15) is 5.10 Å². The molecule has 2 heterocycles. The zero-order chi connectivity index (χ0) is 22.8. The monoisotopic (exact) mass is 439 g/mol. The summed E-state index contributed by atoms with van der Waals surface area (Å²) in [6.07, 6.45) is 2.09. The predicted octanol–water partition coefficient (Wildman–Crippen LogP) is 5.53. The van der Waals surface area contributed by atoms with E-state index in [0.717, 1.165) is 34.3 Å². The largest absolute Gasteiger partial charge is 0.464 e. The number of nitrogens with zero attached hydrogens (tertiary/aromatic N) is 3. The summed E-state index contributed by atoms with van der Waals surface area (Å²) in [6, 6.07) is 26.5. The number of fused-ring (bicyclic) bond motifs is 1. The summed E-state index contributed by atoms with van der Waals surface area (Å²) in [5, 5.41) is 5.57. The Bertz CT molecular complexity index is 1420. The van der Waals surface area contributed by atoms with Gasteiger partial charge in [-0.25, -0.2) is 9.18 Å². The Kier molecular flexibility index (Phi) is 5.48. The molecule has 0 radical (unpaired) electrons. The van der Waals surface area contributed by atoms with Gasteiger partial charge in [-0.05, 0) is 35.4 Å². The molecule has 0 aliphatic rings. The van der Waals surface area contributed by atoms with Crippen LogP contribution in [0.2, 0.25) is 0 Å². The third-order valence-electron chi connectivity index (χ3n) is 5.68. The van der Waals surface area contributed by atoms with Gasteiger partial charge in [0.2, 0.25) is 0 Å². The molecule has 0 unspecified atom stereocenters.